The number of aryl methyl sites for hydroxylation is 16. The van der Waals surface area contributed by atoms with Gasteiger partial charge in [-0.25, -0.2) is 0 Å². The molecule has 0 N–H and O–H groups in total. The first-order valence-electron chi connectivity index (χ1n) is 35.7. The zero-order valence-corrected chi connectivity index (χ0v) is 62.6. The van der Waals surface area contributed by atoms with Crippen molar-refractivity contribution in [2.75, 3.05) is 0 Å². The van der Waals surface area contributed by atoms with Gasteiger partial charge in [0.05, 0.1) is 5.41 Å². The molecule has 0 amide bonds. The van der Waals surface area contributed by atoms with Gasteiger partial charge in [-0.2, -0.15) is 0 Å². The Bertz CT molecular complexity index is 4850. The van der Waals surface area contributed by atoms with E-state index in [0.29, 0.717) is 0 Å². The molecule has 3 aliphatic carbocycles. The Kier molecular flexibility index (Phi) is 21.5. The average molecular weight is 1300 g/mol. The molecular weight excluding hydrogens is 1200 g/mol. The van der Waals surface area contributed by atoms with Crippen molar-refractivity contribution in [3.8, 4) is 44.5 Å². The standard InChI is InChI=1S/C27H20.C17H18.C14H14.2C12H12.C10H14.C8H10/c1-17-11-13-21-22-14-12-18(2)16-26(22)27(25(21)15-17)23-9-5-3-7-19(23)20-8-4-6-10-24(20)27;1-11-5-7-13-14-8-6-12(2)10-16(14)17(3,4)15(13)9-11;1-11-3-7-13(8-4-11)14-9-5-12(2)6-10-14;1-9-5-3-8-12-10(2)6-4-7-11(9)12;1-9-7-8-10(2)12-6-4-3-5-11(9)12;1-7-5-9(3)10(4)6-8(7)2;1-7-3-5-8(2)6-4-7/h3-16H,1-2H3;5-10H,1-4H3;3-10H,1-2H3;2*3-8H,1-2H3;5-6H,1-4H3;3-6H,1-2H3. The van der Waals surface area contributed by atoms with Crippen LogP contribution in [-0.4, -0.2) is 0 Å². The molecule has 0 aromatic heterocycles. The van der Waals surface area contributed by atoms with E-state index in [0.717, 1.165) is 0 Å². The Morgan fingerprint density at radius 2 is 0.410 bits per heavy atom. The van der Waals surface area contributed by atoms with Crippen molar-refractivity contribution in [3.63, 3.8) is 0 Å². The number of benzene rings is 14. The Labute approximate surface area is 599 Å². The molecule has 0 radical (unpaired) electrons. The number of rotatable bonds is 1. The Balaban J connectivity index is 0.000000122. The summed E-state index contributed by atoms with van der Waals surface area (Å²) in [6.45, 7) is 39.1. The van der Waals surface area contributed by atoms with Gasteiger partial charge < -0.3 is 0 Å². The van der Waals surface area contributed by atoms with Gasteiger partial charge in [0, 0.05) is 5.41 Å². The minimum Gasteiger partial charge on any atom is -0.0619 e. The average Bonchev–Trinajstić information content (AvgIpc) is 1.51. The minimum atomic E-state index is -0.199. The van der Waals surface area contributed by atoms with Crippen molar-refractivity contribution in [2.45, 2.75) is 135 Å². The van der Waals surface area contributed by atoms with Gasteiger partial charge in [0.2, 0.25) is 0 Å². The van der Waals surface area contributed by atoms with Crippen LogP contribution in [-0.2, 0) is 10.8 Å². The summed E-state index contributed by atoms with van der Waals surface area (Å²) in [6.07, 6.45) is 0. The molecule has 14 aromatic carbocycles. The van der Waals surface area contributed by atoms with Crippen LogP contribution in [0.3, 0.4) is 0 Å². The van der Waals surface area contributed by atoms with E-state index in [1.807, 2.05) is 0 Å². The Morgan fingerprint density at radius 1 is 0.170 bits per heavy atom. The summed E-state index contributed by atoms with van der Waals surface area (Å²) in [6, 6.07) is 102. The second-order valence-electron chi connectivity index (χ2n) is 29.1. The smallest absolute Gasteiger partial charge is 0.0619 e. The molecule has 0 unspecified atom stereocenters. The zero-order chi connectivity index (χ0) is 71.2. The SMILES string of the molecule is Cc1cc(C)c(C)cc1C.Cc1ccc(-c2ccc(C)cc2)cc1.Cc1ccc(C)c2ccccc12.Cc1ccc(C)cc1.Cc1ccc2c(c1)C(C)(C)c1cc(C)ccc1-2.Cc1ccc2c(c1)C1(c3ccccc3-c3ccccc31)c1cc(C)ccc1-2.Cc1cccc2c(C)cccc12. The first kappa shape index (κ1) is 70.9. The molecule has 0 saturated carbocycles. The maximum Gasteiger partial charge on any atom is 0.0725 e. The lowest BCUT2D eigenvalue weighted by Gasteiger charge is -2.30. The van der Waals surface area contributed by atoms with Crippen molar-refractivity contribution in [3.05, 3.63) is 401 Å². The lowest BCUT2D eigenvalue weighted by molar-refractivity contribution is 0.659. The predicted molar refractivity (Wildman–Crippen MR) is 435 cm³/mol. The van der Waals surface area contributed by atoms with Crippen LogP contribution < -0.4 is 0 Å². The summed E-state index contributed by atoms with van der Waals surface area (Å²) in [7, 11) is 0. The molecule has 0 heteroatoms. The first-order valence-corrected chi connectivity index (χ1v) is 35.7. The third-order valence-corrected chi connectivity index (χ3v) is 20.9. The van der Waals surface area contributed by atoms with E-state index in [4.69, 9.17) is 0 Å². The van der Waals surface area contributed by atoms with Crippen LogP contribution in [0.2, 0.25) is 0 Å². The fraction of sp³-hybridized carbons (Fsp3) is 0.200. The third-order valence-electron chi connectivity index (χ3n) is 20.9. The van der Waals surface area contributed by atoms with Gasteiger partial charge in [-0.15, -0.1) is 0 Å². The molecule has 0 heterocycles. The zero-order valence-electron chi connectivity index (χ0n) is 62.6. The second kappa shape index (κ2) is 30.4. The van der Waals surface area contributed by atoms with Crippen molar-refractivity contribution >= 4 is 21.5 Å². The van der Waals surface area contributed by atoms with Crippen LogP contribution in [0, 0.1) is 111 Å². The van der Waals surface area contributed by atoms with Crippen LogP contribution >= 0.6 is 0 Å². The highest BCUT2D eigenvalue weighted by atomic mass is 14.5. The number of hydrogen-bond donors (Lipinski definition) is 0. The van der Waals surface area contributed by atoms with Crippen molar-refractivity contribution in [1.29, 1.82) is 0 Å². The topological polar surface area (TPSA) is 0 Å². The van der Waals surface area contributed by atoms with Crippen LogP contribution in [0.4, 0.5) is 0 Å². The molecule has 100 heavy (non-hydrogen) atoms. The van der Waals surface area contributed by atoms with E-state index in [2.05, 4.69) is 404 Å². The number of fused-ring (bicyclic) bond motifs is 15. The molecule has 14 aromatic rings. The van der Waals surface area contributed by atoms with Crippen LogP contribution in [0.15, 0.2) is 279 Å². The van der Waals surface area contributed by atoms with Gasteiger partial charge in [0.1, 0.15) is 0 Å². The lowest BCUT2D eigenvalue weighted by atomic mass is 9.70. The lowest BCUT2D eigenvalue weighted by Crippen LogP contribution is -2.26. The summed E-state index contributed by atoms with van der Waals surface area (Å²) in [4.78, 5) is 0. The van der Waals surface area contributed by atoms with Gasteiger partial charge in [-0.3, -0.25) is 0 Å². The van der Waals surface area contributed by atoms with E-state index >= 15 is 0 Å². The fourth-order valence-corrected chi connectivity index (χ4v) is 14.8. The van der Waals surface area contributed by atoms with Gasteiger partial charge in [0.25, 0.3) is 0 Å². The monoisotopic (exact) mass is 1300 g/mol. The maximum absolute atomic E-state index is 2.41. The minimum absolute atomic E-state index is 0.142. The highest BCUT2D eigenvalue weighted by Gasteiger charge is 2.51. The van der Waals surface area contributed by atoms with Crippen LogP contribution in [0.1, 0.15) is 136 Å². The summed E-state index contributed by atoms with van der Waals surface area (Å²) >= 11 is 0. The highest BCUT2D eigenvalue weighted by molar-refractivity contribution is 5.95. The summed E-state index contributed by atoms with van der Waals surface area (Å²) in [5.74, 6) is 0. The van der Waals surface area contributed by atoms with Gasteiger partial charge in [0.15, 0.2) is 0 Å². The summed E-state index contributed by atoms with van der Waals surface area (Å²) in [5.41, 5.74) is 41.1. The molecule has 3 aliphatic rings. The maximum atomic E-state index is 2.41. The molecule has 500 valence electrons. The predicted octanol–water partition coefficient (Wildman–Crippen LogP) is 27.4. The van der Waals surface area contributed by atoms with Crippen LogP contribution in [0.5, 0.6) is 0 Å². The van der Waals surface area contributed by atoms with E-state index in [1.165, 1.54) is 188 Å². The molecular formula is C100H100. The molecule has 1 spiro atoms. The largest absolute Gasteiger partial charge is 0.0725 e. The molecule has 0 nitrogen and oxygen atoms in total. The second-order valence-corrected chi connectivity index (χ2v) is 29.1. The Morgan fingerprint density at radius 3 is 0.740 bits per heavy atom. The number of hydrogen-bond acceptors (Lipinski definition) is 0. The summed E-state index contributed by atoms with van der Waals surface area (Å²) in [5, 5.41) is 5.49. The Hall–Kier alpha value is -10.4. The van der Waals surface area contributed by atoms with Crippen LogP contribution in [0.25, 0.3) is 66.1 Å². The van der Waals surface area contributed by atoms with Crippen molar-refractivity contribution < 1.29 is 0 Å². The quantitative estimate of drug-likeness (QED) is 0.154. The third kappa shape index (κ3) is 15.0. The fourth-order valence-electron chi connectivity index (χ4n) is 14.8. The summed E-state index contributed by atoms with van der Waals surface area (Å²) < 4.78 is 0. The van der Waals surface area contributed by atoms with Gasteiger partial charge >= 0.3 is 0 Å². The van der Waals surface area contributed by atoms with E-state index in [1.54, 1.807) is 0 Å². The molecule has 17 rings (SSSR count). The van der Waals surface area contributed by atoms with E-state index < -0.39 is 0 Å². The molecule has 0 atom stereocenters. The molecule has 0 aliphatic heterocycles. The highest BCUT2D eigenvalue weighted by Crippen LogP contribution is 2.63. The normalized spacial score (nSPS) is 12.3. The van der Waals surface area contributed by atoms with Crippen molar-refractivity contribution in [2.24, 2.45) is 0 Å². The molecule has 0 saturated heterocycles. The van der Waals surface area contributed by atoms with E-state index in [9.17, 15) is 0 Å². The molecule has 0 fully saturated rings. The van der Waals surface area contributed by atoms with Crippen molar-refractivity contribution in [1.82, 2.24) is 0 Å². The first-order chi connectivity index (χ1) is 47.9. The van der Waals surface area contributed by atoms with Gasteiger partial charge in [-0.05, 0) is 255 Å². The van der Waals surface area contributed by atoms with Gasteiger partial charge in [-0.1, -0.05) is 337 Å². The van der Waals surface area contributed by atoms with E-state index in [-0.39, 0.29) is 10.8 Å². The molecule has 0 bridgehead atoms.